The van der Waals surface area contributed by atoms with E-state index in [1.165, 1.54) is 0 Å². The molecule has 3 nitrogen and oxygen atoms in total. The number of rotatable bonds is 2. The highest BCUT2D eigenvalue weighted by molar-refractivity contribution is 6.68. The van der Waals surface area contributed by atoms with Gasteiger partial charge in [-0.2, -0.15) is 5.10 Å². The number of aliphatic hydroxyl groups is 1. The molecule has 0 radical (unpaired) electrons. The molecule has 0 aromatic carbocycles. The molecular weight excluding hydrogens is 246 g/mol. The number of aromatic nitrogens is 2. The summed E-state index contributed by atoms with van der Waals surface area (Å²) in [6, 6.07) is 0. The summed E-state index contributed by atoms with van der Waals surface area (Å²) in [4.78, 5) is 0. The molecule has 14 heavy (non-hydrogen) atoms. The molecule has 1 aromatic rings. The van der Waals surface area contributed by atoms with Crippen molar-refractivity contribution in [3.8, 4) is 0 Å². The molecule has 0 saturated carbocycles. The lowest BCUT2D eigenvalue weighted by atomic mass is 10.2. The molecule has 1 aromatic heterocycles. The van der Waals surface area contributed by atoms with E-state index in [1.54, 1.807) is 17.8 Å². The van der Waals surface area contributed by atoms with Crippen molar-refractivity contribution >= 4 is 34.8 Å². The molecule has 0 fully saturated rings. The largest absolute Gasteiger partial charge is 0.384 e. The Hall–Kier alpha value is 0.0400. The zero-order valence-electron chi connectivity index (χ0n) is 7.84. The molecule has 0 aliphatic heterocycles. The summed E-state index contributed by atoms with van der Waals surface area (Å²) in [5.41, 5.74) is 1.22. The lowest BCUT2D eigenvalue weighted by Crippen LogP contribution is -2.16. The number of nitrogens with zero attached hydrogens (tertiary/aromatic N) is 2. The first-order valence-electron chi connectivity index (χ1n) is 4.15. The summed E-state index contributed by atoms with van der Waals surface area (Å²) in [5.74, 6) is 0. The summed E-state index contributed by atoms with van der Waals surface area (Å²) in [6.07, 6.45) is 0.537. The van der Waals surface area contributed by atoms with Crippen molar-refractivity contribution in [1.82, 2.24) is 9.78 Å². The minimum Gasteiger partial charge on any atom is -0.384 e. The van der Waals surface area contributed by atoms with E-state index < -0.39 is 9.90 Å². The molecule has 6 heteroatoms. The maximum absolute atomic E-state index is 9.70. The lowest BCUT2D eigenvalue weighted by molar-refractivity contribution is 0.181. The Labute approximate surface area is 97.6 Å². The second kappa shape index (κ2) is 4.27. The van der Waals surface area contributed by atoms with Crippen LogP contribution in [0.15, 0.2) is 6.20 Å². The molecule has 0 amide bonds. The van der Waals surface area contributed by atoms with Crippen molar-refractivity contribution < 1.29 is 5.11 Å². The van der Waals surface area contributed by atoms with Crippen LogP contribution in [0.1, 0.15) is 24.3 Å². The van der Waals surface area contributed by atoms with E-state index in [9.17, 15) is 5.11 Å². The van der Waals surface area contributed by atoms with Crippen molar-refractivity contribution in [1.29, 1.82) is 0 Å². The Morgan fingerprint density at radius 1 is 1.57 bits per heavy atom. The number of alkyl halides is 3. The molecule has 1 heterocycles. The topological polar surface area (TPSA) is 38.0 Å². The molecule has 0 aliphatic rings. The number of hydrogen-bond donors (Lipinski definition) is 1. The summed E-state index contributed by atoms with van der Waals surface area (Å²) in [6.45, 7) is 4.42. The Kier molecular flexibility index (Phi) is 3.69. The average Bonchev–Trinajstić information content (AvgIpc) is 2.43. The molecule has 1 atom stereocenters. The van der Waals surface area contributed by atoms with Gasteiger partial charge in [0.1, 0.15) is 6.10 Å². The highest BCUT2D eigenvalue weighted by Gasteiger charge is 2.34. The highest BCUT2D eigenvalue weighted by Crippen LogP contribution is 2.40. The van der Waals surface area contributed by atoms with Gasteiger partial charge in [0.15, 0.2) is 0 Å². The molecule has 1 N–H and O–H groups in total. The number of hydrogen-bond acceptors (Lipinski definition) is 2. The molecule has 1 rings (SSSR count). The van der Waals surface area contributed by atoms with Crippen LogP contribution in [-0.2, 0) is 6.54 Å². The van der Waals surface area contributed by atoms with Gasteiger partial charge in [-0.3, -0.25) is 4.68 Å². The third-order valence-corrected chi connectivity index (χ3v) is 2.53. The van der Waals surface area contributed by atoms with Crippen molar-refractivity contribution in [3.05, 3.63) is 17.5 Å². The van der Waals surface area contributed by atoms with Gasteiger partial charge in [-0.15, -0.1) is 0 Å². The van der Waals surface area contributed by atoms with Crippen LogP contribution in [0.3, 0.4) is 0 Å². The van der Waals surface area contributed by atoms with Crippen LogP contribution >= 0.6 is 34.8 Å². The first-order chi connectivity index (χ1) is 6.36. The first-order valence-corrected chi connectivity index (χ1v) is 5.28. The van der Waals surface area contributed by atoms with Crippen molar-refractivity contribution in [2.24, 2.45) is 0 Å². The Bertz CT molecular complexity index is 319. The minimum absolute atomic E-state index is 0.548. The van der Waals surface area contributed by atoms with Gasteiger partial charge in [0, 0.05) is 18.3 Å². The summed E-state index contributed by atoms with van der Waals surface area (Å²) in [7, 11) is 0. The predicted octanol–water partition coefficient (Wildman–Crippen LogP) is 2.62. The fraction of sp³-hybridized carbons (Fsp3) is 0.625. The molecule has 80 valence electrons. The fourth-order valence-electron chi connectivity index (χ4n) is 1.14. The van der Waals surface area contributed by atoms with E-state index in [1.807, 2.05) is 6.92 Å². The number of aryl methyl sites for hydroxylation is 2. The number of halogens is 3. The Balaban J connectivity index is 3.01. The lowest BCUT2D eigenvalue weighted by Gasteiger charge is -2.17. The zero-order valence-corrected chi connectivity index (χ0v) is 10.1. The van der Waals surface area contributed by atoms with Gasteiger partial charge in [0.2, 0.25) is 3.79 Å². The SMILES string of the molecule is CCn1cc([C@@H](O)C(Cl)(Cl)Cl)c(C)n1. The number of aliphatic hydroxyl groups excluding tert-OH is 1. The van der Waals surface area contributed by atoms with Gasteiger partial charge in [-0.1, -0.05) is 34.8 Å². The fourth-order valence-corrected chi connectivity index (χ4v) is 1.49. The van der Waals surface area contributed by atoms with Gasteiger partial charge in [0.05, 0.1) is 5.69 Å². The normalized spacial score (nSPS) is 14.4. The van der Waals surface area contributed by atoms with E-state index in [-0.39, 0.29) is 0 Å². The maximum atomic E-state index is 9.70. The average molecular weight is 258 g/mol. The monoisotopic (exact) mass is 256 g/mol. The van der Waals surface area contributed by atoms with Crippen LogP contribution in [0.4, 0.5) is 0 Å². The smallest absolute Gasteiger partial charge is 0.220 e. The van der Waals surface area contributed by atoms with Crippen molar-refractivity contribution in [2.45, 2.75) is 30.3 Å². The predicted molar refractivity (Wildman–Crippen MR) is 57.9 cm³/mol. The quantitative estimate of drug-likeness (QED) is 0.827. The molecule has 0 spiro atoms. The summed E-state index contributed by atoms with van der Waals surface area (Å²) < 4.78 is -0.0311. The van der Waals surface area contributed by atoms with Gasteiger partial charge in [-0.25, -0.2) is 0 Å². The first kappa shape index (κ1) is 12.1. The van der Waals surface area contributed by atoms with Crippen LogP contribution in [-0.4, -0.2) is 18.7 Å². The third kappa shape index (κ3) is 2.54. The zero-order chi connectivity index (χ0) is 10.9. The van der Waals surface area contributed by atoms with E-state index in [0.29, 0.717) is 17.8 Å². The van der Waals surface area contributed by atoms with E-state index >= 15 is 0 Å². The van der Waals surface area contributed by atoms with Crippen LogP contribution in [0.25, 0.3) is 0 Å². The van der Waals surface area contributed by atoms with E-state index in [4.69, 9.17) is 34.8 Å². The summed E-state index contributed by atoms with van der Waals surface area (Å²) in [5, 5.41) is 13.8. The molecular formula is C8H11Cl3N2O. The van der Waals surface area contributed by atoms with Crippen LogP contribution in [0.2, 0.25) is 0 Å². The van der Waals surface area contributed by atoms with Gasteiger partial charge in [0.25, 0.3) is 0 Å². The van der Waals surface area contributed by atoms with Crippen LogP contribution in [0.5, 0.6) is 0 Å². The van der Waals surface area contributed by atoms with Crippen molar-refractivity contribution in [2.75, 3.05) is 0 Å². The standard InChI is InChI=1S/C8H11Cl3N2O/c1-3-13-4-6(5(2)12-13)7(14)8(9,10)11/h4,7,14H,3H2,1-2H3/t7-/m1/s1. The second-order valence-corrected chi connectivity index (χ2v) is 5.34. The molecule has 0 saturated heterocycles. The third-order valence-electron chi connectivity index (χ3n) is 1.91. The second-order valence-electron chi connectivity index (χ2n) is 2.97. The molecule has 0 aliphatic carbocycles. The minimum atomic E-state index is -1.72. The molecule has 0 unspecified atom stereocenters. The van der Waals surface area contributed by atoms with E-state index in [0.717, 1.165) is 0 Å². The van der Waals surface area contributed by atoms with Crippen LogP contribution in [0, 0.1) is 6.92 Å². The van der Waals surface area contributed by atoms with Crippen LogP contribution < -0.4 is 0 Å². The summed E-state index contributed by atoms with van der Waals surface area (Å²) >= 11 is 16.8. The Morgan fingerprint density at radius 3 is 2.50 bits per heavy atom. The highest BCUT2D eigenvalue weighted by atomic mass is 35.6. The maximum Gasteiger partial charge on any atom is 0.220 e. The van der Waals surface area contributed by atoms with E-state index in [2.05, 4.69) is 5.10 Å². The van der Waals surface area contributed by atoms with Gasteiger partial charge < -0.3 is 5.11 Å². The Morgan fingerprint density at radius 2 is 2.14 bits per heavy atom. The van der Waals surface area contributed by atoms with Gasteiger partial charge >= 0.3 is 0 Å². The van der Waals surface area contributed by atoms with Crippen molar-refractivity contribution in [3.63, 3.8) is 0 Å². The molecule has 0 bridgehead atoms. The van der Waals surface area contributed by atoms with Gasteiger partial charge in [-0.05, 0) is 13.8 Å².